The highest BCUT2D eigenvalue weighted by molar-refractivity contribution is 7.47. The van der Waals surface area contributed by atoms with E-state index in [9.17, 15) is 19.0 Å². The molecule has 0 saturated heterocycles. The second-order valence-corrected chi connectivity index (χ2v) is 24.7. The third kappa shape index (κ3) is 59.5. The van der Waals surface area contributed by atoms with Gasteiger partial charge in [0.05, 0.1) is 33.8 Å². The Morgan fingerprint density at radius 3 is 1.23 bits per heavy atom. The van der Waals surface area contributed by atoms with E-state index < -0.39 is 20.0 Å². The predicted octanol–water partition coefficient (Wildman–Crippen LogP) is 20.7. The van der Waals surface area contributed by atoms with Crippen LogP contribution in [0.1, 0.15) is 284 Å². The maximum Gasteiger partial charge on any atom is 0.472 e. The fraction of sp³-hybridized carbons (Fsp3) is 0.743. The molecule has 3 atom stereocenters. The van der Waals surface area contributed by atoms with Crippen LogP contribution in [0.5, 0.6) is 0 Å². The molecule has 0 aromatic carbocycles. The molecule has 9 nitrogen and oxygen atoms in total. The van der Waals surface area contributed by atoms with Crippen LogP contribution >= 0.6 is 7.82 Å². The predicted molar refractivity (Wildman–Crippen MR) is 346 cm³/mol. The molecule has 0 aliphatic carbocycles. The van der Waals surface area contributed by atoms with Gasteiger partial charge < -0.3 is 19.4 Å². The molecule has 0 spiro atoms. The van der Waals surface area contributed by atoms with Crippen molar-refractivity contribution in [1.82, 2.24) is 5.32 Å². The Morgan fingerprint density at radius 1 is 0.450 bits per heavy atom. The summed E-state index contributed by atoms with van der Waals surface area (Å²) in [5, 5.41) is 3.06. The van der Waals surface area contributed by atoms with Crippen molar-refractivity contribution >= 4 is 19.7 Å². The van der Waals surface area contributed by atoms with Crippen LogP contribution in [-0.4, -0.2) is 74.3 Å². The lowest BCUT2D eigenvalue weighted by Crippen LogP contribution is -2.47. The van der Waals surface area contributed by atoms with Gasteiger partial charge in [-0.25, -0.2) is 4.57 Å². The highest BCUT2D eigenvalue weighted by Gasteiger charge is 2.30. The third-order valence-electron chi connectivity index (χ3n) is 14.3. The average molecular weight is 1140 g/mol. The van der Waals surface area contributed by atoms with Crippen molar-refractivity contribution in [1.29, 1.82) is 0 Å². The van der Waals surface area contributed by atoms with E-state index in [-0.39, 0.29) is 31.5 Å². The number of hydrogen-bond donors (Lipinski definition) is 2. The van der Waals surface area contributed by atoms with E-state index in [0.29, 0.717) is 23.9 Å². The summed E-state index contributed by atoms with van der Waals surface area (Å²) in [5.41, 5.74) is 0. The maximum absolute atomic E-state index is 13.6. The van der Waals surface area contributed by atoms with Gasteiger partial charge in [-0.3, -0.25) is 18.6 Å². The summed E-state index contributed by atoms with van der Waals surface area (Å²) in [6.45, 7) is 6.87. The Morgan fingerprint density at radius 2 is 0.800 bits per heavy atom. The summed E-state index contributed by atoms with van der Waals surface area (Å²) in [6, 6.07) is -0.863. The van der Waals surface area contributed by atoms with Crippen molar-refractivity contribution in [2.75, 3.05) is 40.9 Å². The van der Waals surface area contributed by atoms with Crippen molar-refractivity contribution in [3.05, 3.63) is 97.2 Å². The molecule has 0 heterocycles. The van der Waals surface area contributed by atoms with Gasteiger partial charge in [-0.2, -0.15) is 0 Å². The van der Waals surface area contributed by atoms with E-state index in [0.717, 1.165) is 109 Å². The molecule has 0 saturated carbocycles. The zero-order valence-electron chi connectivity index (χ0n) is 52.8. The van der Waals surface area contributed by atoms with Crippen molar-refractivity contribution in [3.8, 4) is 0 Å². The molecule has 80 heavy (non-hydrogen) atoms. The monoisotopic (exact) mass is 1140 g/mol. The Kier molecular flexibility index (Phi) is 56.8. The van der Waals surface area contributed by atoms with Crippen LogP contribution in [0.4, 0.5) is 0 Å². The van der Waals surface area contributed by atoms with E-state index in [1.165, 1.54) is 135 Å². The van der Waals surface area contributed by atoms with Gasteiger partial charge in [-0.05, 0) is 109 Å². The Labute approximate surface area is 494 Å². The van der Waals surface area contributed by atoms with Crippen LogP contribution in [-0.2, 0) is 27.9 Å². The minimum absolute atomic E-state index is 0.0325. The van der Waals surface area contributed by atoms with Gasteiger partial charge in [0.15, 0.2) is 0 Å². The fourth-order valence-corrected chi connectivity index (χ4v) is 9.91. The number of esters is 1. The summed E-state index contributed by atoms with van der Waals surface area (Å²) in [7, 11) is 1.48. The molecule has 0 aliphatic heterocycles. The largest absolute Gasteiger partial charge is 0.472 e. The van der Waals surface area contributed by atoms with E-state index in [1.54, 1.807) is 0 Å². The lowest BCUT2D eigenvalue weighted by Gasteiger charge is -2.27. The van der Waals surface area contributed by atoms with E-state index >= 15 is 0 Å². The summed E-state index contributed by atoms with van der Waals surface area (Å²) in [6.07, 6.45) is 79.7. The molecule has 0 aromatic rings. The van der Waals surface area contributed by atoms with Crippen LogP contribution < -0.4 is 5.32 Å². The molecular formula is C70H126N2O7P+. The van der Waals surface area contributed by atoms with Gasteiger partial charge >= 0.3 is 13.8 Å². The first-order valence-electron chi connectivity index (χ1n) is 33.1. The first-order valence-corrected chi connectivity index (χ1v) is 34.6. The second-order valence-electron chi connectivity index (χ2n) is 23.3. The van der Waals surface area contributed by atoms with Crippen LogP contribution in [0.2, 0.25) is 0 Å². The number of quaternary nitrogens is 1. The smallest absolute Gasteiger partial charge is 0.456 e. The molecule has 0 radical (unpaired) electrons. The number of unbranched alkanes of at least 4 members (excludes halogenated alkanes) is 29. The lowest BCUT2D eigenvalue weighted by atomic mass is 10.0. The van der Waals surface area contributed by atoms with E-state index in [4.69, 9.17) is 13.8 Å². The molecule has 1 amide bonds. The fourth-order valence-electron chi connectivity index (χ4n) is 9.17. The minimum atomic E-state index is -4.46. The first-order chi connectivity index (χ1) is 38.9. The van der Waals surface area contributed by atoms with Gasteiger partial charge in [0, 0.05) is 12.8 Å². The molecule has 0 aliphatic rings. The molecule has 2 N–H and O–H groups in total. The van der Waals surface area contributed by atoms with Gasteiger partial charge in [0.25, 0.3) is 0 Å². The number of likely N-dealkylation sites (N-methyl/N-ethyl adjacent to an activating group) is 1. The zero-order chi connectivity index (χ0) is 58.6. The van der Waals surface area contributed by atoms with Gasteiger partial charge in [-0.1, -0.05) is 260 Å². The Bertz CT molecular complexity index is 1690. The lowest BCUT2D eigenvalue weighted by molar-refractivity contribution is -0.870. The minimum Gasteiger partial charge on any atom is -0.456 e. The highest BCUT2D eigenvalue weighted by atomic mass is 31.2. The number of allylic oxidation sites excluding steroid dienone is 15. The van der Waals surface area contributed by atoms with Gasteiger partial charge in [0.2, 0.25) is 5.91 Å². The summed E-state index contributed by atoms with van der Waals surface area (Å²) in [5.74, 6) is -0.529. The van der Waals surface area contributed by atoms with Gasteiger partial charge in [-0.15, -0.1) is 0 Å². The second kappa shape index (κ2) is 59.1. The van der Waals surface area contributed by atoms with Crippen molar-refractivity contribution in [3.63, 3.8) is 0 Å². The quantitative estimate of drug-likeness (QED) is 0.0205. The number of hydrogen-bond acceptors (Lipinski definition) is 6. The molecule has 0 aromatic heterocycles. The number of phosphoric ester groups is 1. The first kappa shape index (κ1) is 76.9. The van der Waals surface area contributed by atoms with Gasteiger partial charge in [0.1, 0.15) is 19.3 Å². The topological polar surface area (TPSA) is 111 Å². The van der Waals surface area contributed by atoms with E-state index in [2.05, 4.69) is 111 Å². The molecular weight excluding hydrogens is 1010 g/mol. The Hall–Kier alpha value is -3.07. The summed E-state index contributed by atoms with van der Waals surface area (Å²) < 4.78 is 30.7. The number of rotatable bonds is 59. The number of phosphoric acid groups is 1. The average Bonchev–Trinajstić information content (AvgIpc) is 3.42. The van der Waals surface area contributed by atoms with Crippen molar-refractivity contribution in [2.45, 2.75) is 296 Å². The molecule has 0 bridgehead atoms. The van der Waals surface area contributed by atoms with Crippen molar-refractivity contribution in [2.24, 2.45) is 0 Å². The number of amides is 1. The zero-order valence-corrected chi connectivity index (χ0v) is 53.7. The van der Waals surface area contributed by atoms with Crippen molar-refractivity contribution < 1.29 is 37.3 Å². The van der Waals surface area contributed by atoms with E-state index in [1.807, 2.05) is 33.3 Å². The molecule has 0 rings (SSSR count). The number of nitrogens with zero attached hydrogens (tertiary/aromatic N) is 1. The number of nitrogens with one attached hydrogen (secondary N) is 1. The number of ether oxygens (including phenoxy) is 1. The number of carbonyl (C=O) groups excluding carboxylic acids is 2. The third-order valence-corrected chi connectivity index (χ3v) is 15.2. The van der Waals surface area contributed by atoms with Crippen LogP contribution in [0.25, 0.3) is 0 Å². The summed E-state index contributed by atoms with van der Waals surface area (Å²) >= 11 is 0. The highest BCUT2D eigenvalue weighted by Crippen LogP contribution is 2.43. The summed E-state index contributed by atoms with van der Waals surface area (Å²) in [4.78, 5) is 37.8. The molecule has 10 heteroatoms. The standard InChI is InChI=1S/C70H125N2O7P/c1-7-10-13-16-19-22-25-28-30-32-34-36-38-40-42-44-47-50-53-56-59-62-69(73)71-67(66-78-80(75,76)77-65-64-72(4,5)6)68(61-58-55-52-49-46-27-24-21-18-15-12-9-3)79-70(74)63-60-57-54-51-48-45-43-41-39-37-35-33-31-29-26-23-20-17-14-11-8-2/h11,14,19-20,22-23,28-31,35,37,41,43,58,61,67-68H,7-10,12-13,15-18,21,24-27,32-34,36,38-40,42,44-57,59-60,62-66H2,1-6H3,(H-,71,73,75,76)/p+1/b14-11-,22-19-,23-20-,30-28-,31-29-,37-35-,43-41-,61-58+. The molecule has 3 unspecified atom stereocenters. The maximum atomic E-state index is 13.6. The van der Waals surface area contributed by atoms with Crippen LogP contribution in [0.15, 0.2) is 97.2 Å². The normalized spacial score (nSPS) is 14.2. The Balaban J connectivity index is 5.22. The number of carbonyl (C=O) groups is 2. The van der Waals surface area contributed by atoms with Crippen LogP contribution in [0, 0.1) is 0 Å². The SMILES string of the molecule is CC/C=C\C/C=C\C/C=C\C/C=C\C/C=C\CCCCCCCC(=O)OC(/C=C/CCCCCCCCCCCC)C(COP(=O)(O)OCC[N+](C)(C)C)NC(=O)CCCCCCCCCCCCC/C=C\C/C=C\CCCCC. The molecule has 462 valence electrons. The molecule has 0 fully saturated rings. The van der Waals surface area contributed by atoms with Crippen LogP contribution in [0.3, 0.4) is 0 Å².